The maximum atomic E-state index is 12.1. The number of hydrogen-bond acceptors (Lipinski definition) is 7. The van der Waals surface area contributed by atoms with Crippen LogP contribution in [0.15, 0.2) is 5.38 Å². The van der Waals surface area contributed by atoms with E-state index in [1.54, 1.807) is 0 Å². The predicted molar refractivity (Wildman–Crippen MR) is 84.8 cm³/mol. The van der Waals surface area contributed by atoms with Crippen molar-refractivity contribution in [3.8, 4) is 0 Å². The first-order valence-electron chi connectivity index (χ1n) is 6.28. The number of nitrogens with zero attached hydrogens (tertiary/aromatic N) is 2. The Morgan fingerprint density at radius 1 is 1.40 bits per heavy atom. The van der Waals surface area contributed by atoms with Crippen molar-refractivity contribution in [1.29, 1.82) is 0 Å². The summed E-state index contributed by atoms with van der Waals surface area (Å²) in [7, 11) is 0. The highest BCUT2D eigenvalue weighted by Crippen LogP contribution is 2.27. The Morgan fingerprint density at radius 2 is 2.15 bits per heavy atom. The van der Waals surface area contributed by atoms with Gasteiger partial charge in [0.05, 0.1) is 5.69 Å². The van der Waals surface area contributed by atoms with E-state index in [9.17, 15) is 4.79 Å². The highest BCUT2D eigenvalue weighted by atomic mass is 32.1. The van der Waals surface area contributed by atoms with Gasteiger partial charge in [-0.2, -0.15) is 0 Å². The van der Waals surface area contributed by atoms with Gasteiger partial charge < -0.3 is 11.1 Å². The highest BCUT2D eigenvalue weighted by molar-refractivity contribution is 7.18. The predicted octanol–water partition coefficient (Wildman–Crippen LogP) is 2.99. The molecule has 0 unspecified atom stereocenters. The molecule has 108 valence electrons. The molecule has 0 atom stereocenters. The van der Waals surface area contributed by atoms with Crippen molar-refractivity contribution in [3.05, 3.63) is 16.0 Å². The van der Waals surface area contributed by atoms with E-state index in [4.69, 9.17) is 5.73 Å². The maximum Gasteiger partial charge on any atom is 0.271 e. The molecule has 2 aromatic heterocycles. The van der Waals surface area contributed by atoms with Gasteiger partial charge in [0.25, 0.3) is 5.91 Å². The summed E-state index contributed by atoms with van der Waals surface area (Å²) in [5, 5.41) is 8.98. The molecule has 0 bridgehead atoms. The molecule has 2 aromatic rings. The summed E-state index contributed by atoms with van der Waals surface area (Å²) in [6.45, 7) is 6.81. The molecule has 0 fully saturated rings. The molecule has 2 heterocycles. The molecule has 0 spiro atoms. The summed E-state index contributed by atoms with van der Waals surface area (Å²) in [6.07, 6.45) is 0. The Balaban J connectivity index is 2.11. The number of amides is 1. The number of nitrogens with two attached hydrogens (primary N) is 1. The molecule has 0 aliphatic heterocycles. The van der Waals surface area contributed by atoms with Crippen molar-refractivity contribution in [3.63, 3.8) is 0 Å². The van der Waals surface area contributed by atoms with Gasteiger partial charge in [-0.05, 0) is 12.8 Å². The Labute approximate surface area is 125 Å². The minimum absolute atomic E-state index is 0.240. The van der Waals surface area contributed by atoms with Gasteiger partial charge in [0.1, 0.15) is 10.7 Å². The third-order valence-electron chi connectivity index (χ3n) is 2.52. The quantitative estimate of drug-likeness (QED) is 0.789. The molecule has 20 heavy (non-hydrogen) atoms. The third kappa shape index (κ3) is 3.26. The number of anilines is 3. The third-order valence-corrected chi connectivity index (χ3v) is 4.33. The summed E-state index contributed by atoms with van der Waals surface area (Å²) in [4.78, 5) is 21.0. The average molecular weight is 311 g/mol. The summed E-state index contributed by atoms with van der Waals surface area (Å²) in [5.74, 6) is 0.309. The van der Waals surface area contributed by atoms with Gasteiger partial charge in [-0.25, -0.2) is 9.97 Å². The van der Waals surface area contributed by atoms with Gasteiger partial charge in [-0.15, -0.1) is 11.3 Å². The first-order valence-corrected chi connectivity index (χ1v) is 7.97. The maximum absolute atomic E-state index is 12.1. The summed E-state index contributed by atoms with van der Waals surface area (Å²) >= 11 is 2.65. The van der Waals surface area contributed by atoms with E-state index in [-0.39, 0.29) is 11.7 Å². The summed E-state index contributed by atoms with van der Waals surface area (Å²) in [6, 6.07) is 0. The molecular weight excluding hydrogens is 294 g/mol. The lowest BCUT2D eigenvalue weighted by molar-refractivity contribution is 0.103. The summed E-state index contributed by atoms with van der Waals surface area (Å²) < 4.78 is 0. The molecule has 0 aliphatic carbocycles. The van der Waals surface area contributed by atoms with Crippen molar-refractivity contribution >= 4 is 44.7 Å². The molecule has 0 saturated carbocycles. The van der Waals surface area contributed by atoms with Crippen LogP contribution in [0.5, 0.6) is 0 Å². The Hall–Kier alpha value is -1.67. The van der Waals surface area contributed by atoms with E-state index in [2.05, 4.69) is 34.4 Å². The van der Waals surface area contributed by atoms with Crippen LogP contribution in [0.3, 0.4) is 0 Å². The Kier molecular flexibility index (Phi) is 4.56. The second-order valence-electron chi connectivity index (χ2n) is 4.45. The number of aromatic nitrogens is 2. The lowest BCUT2D eigenvalue weighted by atomic mass is 10.2. The van der Waals surface area contributed by atoms with Crippen molar-refractivity contribution in [2.75, 3.05) is 22.9 Å². The molecule has 8 heteroatoms. The summed E-state index contributed by atoms with van der Waals surface area (Å²) in [5.41, 5.74) is 6.73. The number of carbonyl (C=O) groups is 1. The molecule has 0 aromatic carbocycles. The fourth-order valence-electron chi connectivity index (χ4n) is 1.48. The zero-order valence-electron chi connectivity index (χ0n) is 11.6. The topological polar surface area (TPSA) is 92.9 Å². The highest BCUT2D eigenvalue weighted by Gasteiger charge is 2.17. The fourth-order valence-corrected chi connectivity index (χ4v) is 3.20. The van der Waals surface area contributed by atoms with Crippen LogP contribution in [0.4, 0.5) is 16.1 Å². The largest absolute Gasteiger partial charge is 0.382 e. The van der Waals surface area contributed by atoms with Crippen LogP contribution in [-0.2, 0) is 0 Å². The van der Waals surface area contributed by atoms with Crippen LogP contribution < -0.4 is 16.4 Å². The minimum Gasteiger partial charge on any atom is -0.382 e. The molecule has 0 saturated heterocycles. The molecule has 1 amide bonds. The van der Waals surface area contributed by atoms with E-state index >= 15 is 0 Å². The van der Waals surface area contributed by atoms with Crippen molar-refractivity contribution in [2.45, 2.75) is 26.7 Å². The van der Waals surface area contributed by atoms with E-state index in [1.807, 2.05) is 12.3 Å². The van der Waals surface area contributed by atoms with Gasteiger partial charge in [0, 0.05) is 11.9 Å². The monoisotopic (exact) mass is 311 g/mol. The fraction of sp³-hybridized carbons (Fsp3) is 0.417. The van der Waals surface area contributed by atoms with E-state index in [0.717, 1.165) is 12.2 Å². The zero-order valence-corrected chi connectivity index (χ0v) is 13.2. The SMILES string of the molecule is CCNc1nc(N)c(C(=O)Nc2nc(C(C)C)cs2)s1. The first kappa shape index (κ1) is 14.7. The van der Waals surface area contributed by atoms with Gasteiger partial charge in [-0.1, -0.05) is 25.2 Å². The standard InChI is InChI=1S/C12H17N5OS2/c1-4-14-11-16-9(13)8(20-11)10(18)17-12-15-7(5-19-12)6(2)3/h5-6H,4,13H2,1-3H3,(H,14,16)(H,15,17,18). The van der Waals surface area contributed by atoms with Crippen molar-refractivity contribution in [1.82, 2.24) is 9.97 Å². The van der Waals surface area contributed by atoms with Crippen LogP contribution in [0.1, 0.15) is 42.1 Å². The van der Waals surface area contributed by atoms with E-state index < -0.39 is 0 Å². The Morgan fingerprint density at radius 3 is 2.75 bits per heavy atom. The number of carbonyl (C=O) groups excluding carboxylic acids is 1. The number of hydrogen-bond donors (Lipinski definition) is 3. The van der Waals surface area contributed by atoms with Crippen molar-refractivity contribution in [2.24, 2.45) is 0 Å². The molecule has 4 N–H and O–H groups in total. The van der Waals surface area contributed by atoms with Crippen molar-refractivity contribution < 1.29 is 4.79 Å². The van der Waals surface area contributed by atoms with E-state index in [0.29, 0.717) is 21.1 Å². The van der Waals surface area contributed by atoms with Crippen LogP contribution in [0.25, 0.3) is 0 Å². The second kappa shape index (κ2) is 6.19. The smallest absolute Gasteiger partial charge is 0.271 e. The first-order chi connectivity index (χ1) is 9.51. The molecule has 0 aliphatic rings. The van der Waals surface area contributed by atoms with Gasteiger partial charge in [0.15, 0.2) is 10.3 Å². The van der Waals surface area contributed by atoms with Gasteiger partial charge >= 0.3 is 0 Å². The van der Waals surface area contributed by atoms with Gasteiger partial charge in [-0.3, -0.25) is 10.1 Å². The molecule has 2 rings (SSSR count). The Bertz CT molecular complexity index is 605. The number of thiazole rings is 2. The lowest BCUT2D eigenvalue weighted by Crippen LogP contribution is -2.12. The number of nitrogens with one attached hydrogen (secondary N) is 2. The van der Waals surface area contributed by atoms with Crippen LogP contribution in [0, 0.1) is 0 Å². The van der Waals surface area contributed by atoms with Crippen LogP contribution in [0.2, 0.25) is 0 Å². The second-order valence-corrected chi connectivity index (χ2v) is 6.31. The zero-order chi connectivity index (χ0) is 14.7. The number of rotatable bonds is 5. The normalized spacial score (nSPS) is 10.8. The lowest BCUT2D eigenvalue weighted by Gasteiger charge is -2.00. The minimum atomic E-state index is -0.270. The van der Waals surface area contributed by atoms with Gasteiger partial charge in [0.2, 0.25) is 0 Å². The molecule has 0 radical (unpaired) electrons. The molecular formula is C12H17N5OS2. The van der Waals surface area contributed by atoms with E-state index in [1.165, 1.54) is 22.7 Å². The average Bonchev–Trinajstić information content (AvgIpc) is 2.97. The number of nitrogen functional groups attached to an aromatic ring is 1. The van der Waals surface area contributed by atoms with Crippen LogP contribution in [-0.4, -0.2) is 22.4 Å². The molecule has 6 nitrogen and oxygen atoms in total. The van der Waals surface area contributed by atoms with Crippen LogP contribution >= 0.6 is 22.7 Å².